The zero-order valence-electron chi connectivity index (χ0n) is 6.97. The SMILES string of the molecule is N[C@@H](Cc1ccccc1[As])C(=O)O. The molecular formula is C9H10AsNO2. The molecule has 3 N–H and O–H groups in total. The summed E-state index contributed by atoms with van der Waals surface area (Å²) in [5, 5.41) is 8.60. The molecule has 1 rings (SSSR count). The fourth-order valence-corrected chi connectivity index (χ4v) is 1.54. The fraction of sp³-hybridized carbons (Fsp3) is 0.222. The molecule has 1 atom stereocenters. The Morgan fingerprint density at radius 2 is 2.15 bits per heavy atom. The number of carbonyl (C=O) groups is 1. The molecule has 0 fully saturated rings. The van der Waals surface area contributed by atoms with E-state index in [1.165, 1.54) is 0 Å². The molecule has 0 unspecified atom stereocenters. The maximum absolute atomic E-state index is 10.5. The molecule has 0 heterocycles. The number of benzene rings is 1. The molecule has 0 aliphatic carbocycles. The van der Waals surface area contributed by atoms with E-state index in [0.29, 0.717) is 6.42 Å². The van der Waals surface area contributed by atoms with Crippen LogP contribution < -0.4 is 10.1 Å². The van der Waals surface area contributed by atoms with Gasteiger partial charge in [-0.2, -0.15) is 0 Å². The van der Waals surface area contributed by atoms with Crippen molar-refractivity contribution in [2.45, 2.75) is 12.5 Å². The van der Waals surface area contributed by atoms with Crippen LogP contribution >= 0.6 is 0 Å². The summed E-state index contributed by atoms with van der Waals surface area (Å²) in [5.41, 5.74) is 6.38. The molecule has 4 heteroatoms. The van der Waals surface area contributed by atoms with Gasteiger partial charge in [-0.05, 0) is 0 Å². The van der Waals surface area contributed by atoms with E-state index in [1.54, 1.807) is 0 Å². The van der Waals surface area contributed by atoms with Crippen molar-refractivity contribution >= 4 is 27.2 Å². The molecule has 0 saturated carbocycles. The Balaban J connectivity index is 2.74. The van der Waals surface area contributed by atoms with Crippen molar-refractivity contribution in [1.82, 2.24) is 0 Å². The van der Waals surface area contributed by atoms with Gasteiger partial charge in [-0.15, -0.1) is 0 Å². The Kier molecular flexibility index (Phi) is 3.52. The second kappa shape index (κ2) is 4.45. The van der Waals surface area contributed by atoms with Gasteiger partial charge in [0.25, 0.3) is 0 Å². The molecule has 0 bridgehead atoms. The van der Waals surface area contributed by atoms with E-state index >= 15 is 0 Å². The van der Waals surface area contributed by atoms with Gasteiger partial charge < -0.3 is 0 Å². The van der Waals surface area contributed by atoms with Gasteiger partial charge in [0.2, 0.25) is 0 Å². The summed E-state index contributed by atoms with van der Waals surface area (Å²) in [6.07, 6.45) is 0.375. The predicted octanol–water partition coefficient (Wildman–Crippen LogP) is -0.565. The van der Waals surface area contributed by atoms with E-state index in [2.05, 4.69) is 16.9 Å². The van der Waals surface area contributed by atoms with Crippen molar-refractivity contribution in [3.63, 3.8) is 0 Å². The van der Waals surface area contributed by atoms with E-state index in [1.807, 2.05) is 24.3 Å². The van der Waals surface area contributed by atoms with Gasteiger partial charge in [0.15, 0.2) is 0 Å². The van der Waals surface area contributed by atoms with Gasteiger partial charge in [0.05, 0.1) is 0 Å². The average molecular weight is 239 g/mol. The topological polar surface area (TPSA) is 63.3 Å². The number of carboxylic acid groups (broad SMARTS) is 1. The number of nitrogens with two attached hydrogens (primary N) is 1. The molecule has 13 heavy (non-hydrogen) atoms. The maximum atomic E-state index is 10.5. The molecule has 3 nitrogen and oxygen atoms in total. The van der Waals surface area contributed by atoms with Gasteiger partial charge in [0, 0.05) is 0 Å². The van der Waals surface area contributed by atoms with E-state index in [0.717, 1.165) is 9.91 Å². The van der Waals surface area contributed by atoms with Crippen LogP contribution in [0, 0.1) is 0 Å². The number of hydrogen-bond acceptors (Lipinski definition) is 2. The van der Waals surface area contributed by atoms with Crippen LogP contribution in [0.5, 0.6) is 0 Å². The van der Waals surface area contributed by atoms with Crippen molar-refractivity contribution in [2.75, 3.05) is 0 Å². The van der Waals surface area contributed by atoms with E-state index in [4.69, 9.17) is 10.8 Å². The summed E-state index contributed by atoms with van der Waals surface area (Å²) in [6, 6.07) is 6.77. The van der Waals surface area contributed by atoms with Crippen LogP contribution in [0.25, 0.3) is 0 Å². The standard InChI is InChI=1S/C9H10AsNO2/c10-7-4-2-1-3-6(7)5-8(11)9(12)13/h1-4,8H,5,11H2,(H,12,13)/t8-/m0/s1. The molecule has 1 aromatic carbocycles. The normalized spacial score (nSPS) is 12.5. The first-order chi connectivity index (χ1) is 6.11. The van der Waals surface area contributed by atoms with Gasteiger partial charge in [0.1, 0.15) is 0 Å². The summed E-state index contributed by atoms with van der Waals surface area (Å²) in [6.45, 7) is 0. The van der Waals surface area contributed by atoms with E-state index in [-0.39, 0.29) is 0 Å². The third-order valence-electron chi connectivity index (χ3n) is 1.75. The molecule has 68 valence electrons. The van der Waals surface area contributed by atoms with Crippen molar-refractivity contribution in [3.05, 3.63) is 29.8 Å². The zero-order chi connectivity index (χ0) is 9.84. The first-order valence-electron chi connectivity index (χ1n) is 3.86. The minimum atomic E-state index is -0.962. The molecule has 0 amide bonds. The molecular weight excluding hydrogens is 229 g/mol. The van der Waals surface area contributed by atoms with Crippen molar-refractivity contribution in [3.8, 4) is 0 Å². The van der Waals surface area contributed by atoms with Crippen LogP contribution in [0.2, 0.25) is 0 Å². The quantitative estimate of drug-likeness (QED) is 0.694. The van der Waals surface area contributed by atoms with Gasteiger partial charge in [-0.3, -0.25) is 0 Å². The Labute approximate surface area is 85.4 Å². The van der Waals surface area contributed by atoms with Crippen LogP contribution in [0.1, 0.15) is 5.56 Å². The van der Waals surface area contributed by atoms with Crippen molar-refractivity contribution < 1.29 is 9.90 Å². The Hall–Kier alpha value is -0.792. The van der Waals surface area contributed by atoms with Crippen molar-refractivity contribution in [1.29, 1.82) is 0 Å². The minimum absolute atomic E-state index is 0.375. The first kappa shape index (κ1) is 10.3. The first-order valence-corrected chi connectivity index (χ1v) is 4.80. The Morgan fingerprint density at radius 3 is 2.69 bits per heavy atom. The second-order valence-electron chi connectivity index (χ2n) is 2.78. The second-order valence-corrected chi connectivity index (χ2v) is 3.79. The zero-order valence-corrected chi connectivity index (χ0v) is 8.85. The number of carboxylic acids is 1. The summed E-state index contributed by atoms with van der Waals surface area (Å²) >= 11 is 2.41. The molecule has 0 aromatic heterocycles. The van der Waals surface area contributed by atoms with E-state index in [9.17, 15) is 4.79 Å². The Morgan fingerprint density at radius 1 is 1.54 bits per heavy atom. The molecule has 0 saturated heterocycles. The van der Waals surface area contributed by atoms with Gasteiger partial charge in [-0.1, -0.05) is 0 Å². The van der Waals surface area contributed by atoms with Crippen LogP contribution in [0.15, 0.2) is 24.3 Å². The van der Waals surface area contributed by atoms with Crippen molar-refractivity contribution in [2.24, 2.45) is 5.73 Å². The van der Waals surface area contributed by atoms with Crippen LogP contribution in [-0.2, 0) is 11.2 Å². The molecule has 0 aliphatic rings. The third-order valence-corrected chi connectivity index (χ3v) is 2.66. The molecule has 0 aliphatic heterocycles. The number of hydrogen-bond donors (Lipinski definition) is 2. The fourth-order valence-electron chi connectivity index (χ4n) is 1.01. The number of rotatable bonds is 3. The van der Waals surface area contributed by atoms with Crippen LogP contribution in [0.3, 0.4) is 0 Å². The van der Waals surface area contributed by atoms with E-state index < -0.39 is 12.0 Å². The summed E-state index contributed by atoms with van der Waals surface area (Å²) in [7, 11) is 0. The average Bonchev–Trinajstić information content (AvgIpc) is 2.08. The summed E-state index contributed by atoms with van der Waals surface area (Å²) in [4.78, 5) is 10.5. The van der Waals surface area contributed by atoms with Gasteiger partial charge >= 0.3 is 85.1 Å². The van der Waals surface area contributed by atoms with Crippen LogP contribution in [-0.4, -0.2) is 34.0 Å². The summed E-state index contributed by atoms with van der Waals surface area (Å²) < 4.78 is 1.02. The predicted molar refractivity (Wildman–Crippen MR) is 51.1 cm³/mol. The van der Waals surface area contributed by atoms with Crippen LogP contribution in [0.4, 0.5) is 0 Å². The monoisotopic (exact) mass is 239 g/mol. The Bertz CT molecular complexity index is 314. The third kappa shape index (κ3) is 2.87. The summed E-state index contributed by atoms with van der Waals surface area (Å²) in [5.74, 6) is -0.962. The molecule has 0 spiro atoms. The van der Waals surface area contributed by atoms with Gasteiger partial charge in [-0.25, -0.2) is 0 Å². The molecule has 1 aromatic rings. The molecule has 2 radical (unpaired) electrons. The number of aliphatic carboxylic acids is 1.